The van der Waals surface area contributed by atoms with Gasteiger partial charge in [0.25, 0.3) is 0 Å². The molecule has 0 radical (unpaired) electrons. The minimum absolute atomic E-state index is 0.487. The molecule has 2 rings (SSSR count). The fourth-order valence-electron chi connectivity index (χ4n) is 1.91. The molecule has 1 heterocycles. The Kier molecular flexibility index (Phi) is 4.15. The van der Waals surface area contributed by atoms with Crippen LogP contribution in [0.1, 0.15) is 17.8 Å². The molecule has 0 saturated carbocycles. The van der Waals surface area contributed by atoms with Crippen molar-refractivity contribution in [2.45, 2.75) is 13.0 Å². The number of nitrogens with one attached hydrogen (secondary N) is 1. The maximum absolute atomic E-state index is 3.19. The molecule has 2 aromatic rings. The summed E-state index contributed by atoms with van der Waals surface area (Å²) in [7, 11) is 4.18. The molecule has 1 atom stereocenters. The highest BCUT2D eigenvalue weighted by Crippen LogP contribution is 2.31. The van der Waals surface area contributed by atoms with Crippen LogP contribution in [0.2, 0.25) is 0 Å². The van der Waals surface area contributed by atoms with Gasteiger partial charge in [0, 0.05) is 28.7 Å². The summed E-state index contributed by atoms with van der Waals surface area (Å²) in [4.78, 5) is 3.84. The highest BCUT2D eigenvalue weighted by Gasteiger charge is 2.13. The number of hydrogen-bond acceptors (Lipinski definition) is 3. The van der Waals surface area contributed by atoms with Crippen molar-refractivity contribution in [3.05, 3.63) is 35.2 Å². The third kappa shape index (κ3) is 2.86. The molecule has 1 aromatic heterocycles. The van der Waals surface area contributed by atoms with Crippen LogP contribution in [0, 0.1) is 0 Å². The number of thiophene rings is 1. The molecule has 0 saturated heterocycles. The van der Waals surface area contributed by atoms with E-state index in [1.54, 1.807) is 0 Å². The topological polar surface area (TPSA) is 15.3 Å². The molecule has 2 nitrogen and oxygen atoms in total. The van der Waals surface area contributed by atoms with E-state index in [0.717, 1.165) is 13.1 Å². The van der Waals surface area contributed by atoms with Crippen molar-refractivity contribution in [2.24, 2.45) is 0 Å². The Labute approximate surface area is 107 Å². The van der Waals surface area contributed by atoms with Gasteiger partial charge in [0.1, 0.15) is 0 Å². The van der Waals surface area contributed by atoms with Crippen molar-refractivity contribution in [3.8, 4) is 0 Å². The Morgan fingerprint density at radius 1 is 1.35 bits per heavy atom. The standard InChI is InChI=1S/C14H20N2S/c1-11(16(3)9-8-15-2)14-10-12-6-4-5-7-13(12)17-14/h4-7,10-11,15H,8-9H2,1-3H3. The zero-order valence-corrected chi connectivity index (χ0v) is 11.6. The van der Waals surface area contributed by atoms with Gasteiger partial charge in [-0.3, -0.25) is 4.90 Å². The predicted octanol–water partition coefficient (Wildman–Crippen LogP) is 3.11. The molecular weight excluding hydrogens is 228 g/mol. The highest BCUT2D eigenvalue weighted by molar-refractivity contribution is 7.19. The maximum Gasteiger partial charge on any atom is 0.0411 e. The number of hydrogen-bond donors (Lipinski definition) is 1. The van der Waals surface area contributed by atoms with Crippen LogP contribution in [-0.4, -0.2) is 32.1 Å². The Hall–Kier alpha value is -0.900. The molecule has 92 valence electrons. The van der Waals surface area contributed by atoms with Crippen LogP contribution < -0.4 is 5.32 Å². The monoisotopic (exact) mass is 248 g/mol. The van der Waals surface area contributed by atoms with Gasteiger partial charge < -0.3 is 5.32 Å². The molecule has 0 bridgehead atoms. The van der Waals surface area contributed by atoms with Crippen LogP contribution >= 0.6 is 11.3 Å². The van der Waals surface area contributed by atoms with Gasteiger partial charge in [-0.15, -0.1) is 11.3 Å². The number of benzene rings is 1. The molecule has 0 amide bonds. The average molecular weight is 248 g/mol. The summed E-state index contributed by atoms with van der Waals surface area (Å²) in [5.41, 5.74) is 0. The average Bonchev–Trinajstić information content (AvgIpc) is 2.78. The smallest absolute Gasteiger partial charge is 0.0411 e. The summed E-state index contributed by atoms with van der Waals surface area (Å²) in [5, 5.41) is 4.56. The van der Waals surface area contributed by atoms with Gasteiger partial charge in [-0.1, -0.05) is 18.2 Å². The van der Waals surface area contributed by atoms with Crippen LogP contribution in [0.25, 0.3) is 10.1 Å². The number of likely N-dealkylation sites (N-methyl/N-ethyl adjacent to an activating group) is 2. The van der Waals surface area contributed by atoms with Gasteiger partial charge in [0.15, 0.2) is 0 Å². The fraction of sp³-hybridized carbons (Fsp3) is 0.429. The van der Waals surface area contributed by atoms with E-state index in [0.29, 0.717) is 6.04 Å². The first-order valence-electron chi connectivity index (χ1n) is 6.05. The second-order valence-corrected chi connectivity index (χ2v) is 5.56. The molecule has 0 aliphatic heterocycles. The molecule has 0 spiro atoms. The van der Waals surface area contributed by atoms with Crippen LogP contribution in [0.3, 0.4) is 0 Å². The van der Waals surface area contributed by atoms with E-state index >= 15 is 0 Å². The summed E-state index contributed by atoms with van der Waals surface area (Å²) in [6.07, 6.45) is 0. The van der Waals surface area contributed by atoms with Crippen molar-refractivity contribution in [3.63, 3.8) is 0 Å². The van der Waals surface area contributed by atoms with Crippen LogP contribution in [0.4, 0.5) is 0 Å². The molecule has 1 N–H and O–H groups in total. The zero-order chi connectivity index (χ0) is 12.3. The van der Waals surface area contributed by atoms with E-state index in [1.807, 2.05) is 18.4 Å². The maximum atomic E-state index is 3.19. The molecule has 0 aliphatic rings. The largest absolute Gasteiger partial charge is 0.318 e. The van der Waals surface area contributed by atoms with E-state index in [-0.39, 0.29) is 0 Å². The molecule has 1 aromatic carbocycles. The summed E-state index contributed by atoms with van der Waals surface area (Å²) in [5.74, 6) is 0. The van der Waals surface area contributed by atoms with Gasteiger partial charge in [0.05, 0.1) is 0 Å². The summed E-state index contributed by atoms with van der Waals surface area (Å²) in [6, 6.07) is 11.4. The Bertz CT molecular complexity index is 445. The highest BCUT2D eigenvalue weighted by atomic mass is 32.1. The van der Waals surface area contributed by atoms with Crippen LogP contribution in [0.5, 0.6) is 0 Å². The van der Waals surface area contributed by atoms with E-state index in [4.69, 9.17) is 0 Å². The molecular formula is C14H20N2S. The molecule has 1 unspecified atom stereocenters. The second-order valence-electron chi connectivity index (χ2n) is 4.45. The summed E-state index contributed by atoms with van der Waals surface area (Å²) < 4.78 is 1.39. The normalized spacial score (nSPS) is 13.4. The molecule has 17 heavy (non-hydrogen) atoms. The van der Waals surface area contributed by atoms with Crippen molar-refractivity contribution in [1.29, 1.82) is 0 Å². The number of rotatable bonds is 5. The first-order chi connectivity index (χ1) is 8.22. The molecule has 0 aliphatic carbocycles. The third-order valence-electron chi connectivity index (χ3n) is 3.23. The third-order valence-corrected chi connectivity index (χ3v) is 4.52. The van der Waals surface area contributed by atoms with E-state index in [9.17, 15) is 0 Å². The lowest BCUT2D eigenvalue weighted by atomic mass is 10.2. The fourth-order valence-corrected chi connectivity index (χ4v) is 3.09. The Morgan fingerprint density at radius 3 is 2.82 bits per heavy atom. The Balaban J connectivity index is 2.15. The van der Waals surface area contributed by atoms with E-state index in [2.05, 4.69) is 54.5 Å². The molecule has 3 heteroatoms. The second kappa shape index (κ2) is 5.63. The number of fused-ring (bicyclic) bond motifs is 1. The van der Waals surface area contributed by atoms with Crippen LogP contribution in [-0.2, 0) is 0 Å². The van der Waals surface area contributed by atoms with Gasteiger partial charge in [-0.05, 0) is 38.5 Å². The van der Waals surface area contributed by atoms with Crippen molar-refractivity contribution >= 4 is 21.4 Å². The van der Waals surface area contributed by atoms with Crippen molar-refractivity contribution in [2.75, 3.05) is 27.2 Å². The van der Waals surface area contributed by atoms with Gasteiger partial charge in [0.2, 0.25) is 0 Å². The van der Waals surface area contributed by atoms with Crippen LogP contribution in [0.15, 0.2) is 30.3 Å². The lowest BCUT2D eigenvalue weighted by Gasteiger charge is -2.23. The SMILES string of the molecule is CNCCN(C)C(C)c1cc2ccccc2s1. The van der Waals surface area contributed by atoms with Crippen molar-refractivity contribution < 1.29 is 0 Å². The molecule has 0 fully saturated rings. The summed E-state index contributed by atoms with van der Waals surface area (Å²) >= 11 is 1.91. The summed E-state index contributed by atoms with van der Waals surface area (Å²) in [6.45, 7) is 4.39. The van der Waals surface area contributed by atoms with Gasteiger partial charge >= 0.3 is 0 Å². The minimum atomic E-state index is 0.487. The minimum Gasteiger partial charge on any atom is -0.318 e. The lowest BCUT2D eigenvalue weighted by Crippen LogP contribution is -2.29. The predicted molar refractivity (Wildman–Crippen MR) is 76.8 cm³/mol. The first kappa shape index (κ1) is 12.6. The quantitative estimate of drug-likeness (QED) is 0.874. The zero-order valence-electron chi connectivity index (χ0n) is 10.7. The lowest BCUT2D eigenvalue weighted by molar-refractivity contribution is 0.267. The van der Waals surface area contributed by atoms with Crippen molar-refractivity contribution in [1.82, 2.24) is 10.2 Å². The number of nitrogens with zero attached hydrogens (tertiary/aromatic N) is 1. The Morgan fingerprint density at radius 2 is 2.12 bits per heavy atom. The van der Waals surface area contributed by atoms with E-state index < -0.39 is 0 Å². The van der Waals surface area contributed by atoms with Gasteiger partial charge in [-0.2, -0.15) is 0 Å². The van der Waals surface area contributed by atoms with Gasteiger partial charge in [-0.25, -0.2) is 0 Å². The van der Waals surface area contributed by atoms with E-state index in [1.165, 1.54) is 15.0 Å². The first-order valence-corrected chi connectivity index (χ1v) is 6.87.